The third-order valence-electron chi connectivity index (χ3n) is 10.3. The predicted molar refractivity (Wildman–Crippen MR) is 262 cm³/mol. The van der Waals surface area contributed by atoms with Gasteiger partial charge >= 0.3 is 5.97 Å². The zero-order valence-electron chi connectivity index (χ0n) is 37.4. The maximum atomic E-state index is 12.8. The molecule has 6 rings (SSSR count). The summed E-state index contributed by atoms with van der Waals surface area (Å²) < 4.78 is 5.56. The third kappa shape index (κ3) is 14.7. The zero-order chi connectivity index (χ0) is 46.8. The van der Waals surface area contributed by atoms with Gasteiger partial charge in [-0.1, -0.05) is 215 Å². The summed E-state index contributed by atoms with van der Waals surface area (Å²) >= 11 is 0. The highest BCUT2D eigenvalue weighted by Gasteiger charge is 2.22. The SMILES string of the molecule is [C-]#[N+]C(C(=O)OCC(CC)CCCC)=C(c1ccccc1)c1ccccc1.[C-]#[N+]C(C(C)=O)=C(c1ccccc1)c1ccccc1.[C-]#[N+]C(C(C)=O)=C(c1ccccc1)c1ccccc1. The number of unbranched alkanes of at least 4 members (excludes halogenated alkanes) is 1. The number of ketones is 2. The molecule has 0 amide bonds. The van der Waals surface area contributed by atoms with E-state index < -0.39 is 5.97 Å². The van der Waals surface area contributed by atoms with Crippen LogP contribution in [0.2, 0.25) is 0 Å². The average molecular weight is 856 g/mol. The third-order valence-corrected chi connectivity index (χ3v) is 10.3. The van der Waals surface area contributed by atoms with Crippen LogP contribution in [0.25, 0.3) is 31.3 Å². The van der Waals surface area contributed by atoms with Gasteiger partial charge in [-0.05, 0) is 70.7 Å². The number of allylic oxidation sites excluding steroid dienone is 2. The molecule has 0 aliphatic carbocycles. The summed E-state index contributed by atoms with van der Waals surface area (Å²) in [5, 5.41) is 0. The molecular weight excluding hydrogens is 803 g/mol. The van der Waals surface area contributed by atoms with Crippen molar-refractivity contribution in [3.05, 3.63) is 267 Å². The summed E-state index contributed by atoms with van der Waals surface area (Å²) in [6, 6.07) is 57.3. The number of carbonyl (C=O) groups excluding carboxylic acids is 3. The van der Waals surface area contributed by atoms with Gasteiger partial charge in [0.2, 0.25) is 11.4 Å². The lowest BCUT2D eigenvalue weighted by Gasteiger charge is -2.16. The van der Waals surface area contributed by atoms with E-state index in [0.717, 1.165) is 59.1 Å². The summed E-state index contributed by atoms with van der Waals surface area (Å²) in [7, 11) is 0. The summed E-state index contributed by atoms with van der Waals surface area (Å²) in [5.41, 5.74) is 7.63. The van der Waals surface area contributed by atoms with Crippen molar-refractivity contribution < 1.29 is 19.1 Å². The predicted octanol–water partition coefficient (Wildman–Crippen LogP) is 14.0. The normalized spacial score (nSPS) is 10.2. The molecule has 7 heteroatoms. The van der Waals surface area contributed by atoms with E-state index >= 15 is 0 Å². The number of nitrogens with zero attached hydrogens (tertiary/aromatic N) is 3. The molecule has 7 nitrogen and oxygen atoms in total. The first-order chi connectivity index (χ1) is 31.7. The largest absolute Gasteiger partial charge is 0.470 e. The molecule has 0 bridgehead atoms. The van der Waals surface area contributed by atoms with Crippen LogP contribution in [0.3, 0.4) is 0 Å². The Kier molecular flexibility index (Phi) is 20.6. The molecule has 0 saturated heterocycles. The highest BCUT2D eigenvalue weighted by Crippen LogP contribution is 2.31. The van der Waals surface area contributed by atoms with Crippen molar-refractivity contribution in [3.63, 3.8) is 0 Å². The Balaban J connectivity index is 0.000000218. The molecule has 1 atom stereocenters. The number of ether oxygens (including phenoxy) is 1. The van der Waals surface area contributed by atoms with Gasteiger partial charge < -0.3 is 14.3 Å². The smallest absolute Gasteiger partial charge is 0.336 e. The van der Waals surface area contributed by atoms with Crippen molar-refractivity contribution in [2.75, 3.05) is 6.61 Å². The van der Waals surface area contributed by atoms with Crippen molar-refractivity contribution in [3.8, 4) is 0 Å². The second kappa shape index (κ2) is 27.0. The van der Waals surface area contributed by atoms with E-state index in [-0.39, 0.29) is 28.7 Å². The van der Waals surface area contributed by atoms with Crippen molar-refractivity contribution in [2.24, 2.45) is 5.92 Å². The Morgan fingerprint density at radius 1 is 0.446 bits per heavy atom. The number of benzene rings is 6. The lowest BCUT2D eigenvalue weighted by atomic mass is 9.95. The van der Waals surface area contributed by atoms with E-state index in [1.54, 1.807) is 0 Å². The minimum Gasteiger partial charge on any atom is -0.470 e. The Labute approximate surface area is 384 Å². The first-order valence-electron chi connectivity index (χ1n) is 21.5. The van der Waals surface area contributed by atoms with Crippen molar-refractivity contribution in [2.45, 2.75) is 53.4 Å². The van der Waals surface area contributed by atoms with Crippen LogP contribution in [0.4, 0.5) is 0 Å². The summed E-state index contributed by atoms with van der Waals surface area (Å²) in [5.74, 6) is -0.615. The molecule has 0 aromatic heterocycles. The monoisotopic (exact) mass is 855 g/mol. The lowest BCUT2D eigenvalue weighted by molar-refractivity contribution is -0.140. The topological polar surface area (TPSA) is 73.5 Å². The summed E-state index contributed by atoms with van der Waals surface area (Å²) in [6.45, 7) is 29.7. The summed E-state index contributed by atoms with van der Waals surface area (Å²) in [4.78, 5) is 46.5. The highest BCUT2D eigenvalue weighted by molar-refractivity contribution is 6.07. The van der Waals surface area contributed by atoms with Crippen molar-refractivity contribution in [1.82, 2.24) is 0 Å². The quantitative estimate of drug-likeness (QED) is 0.0586. The zero-order valence-corrected chi connectivity index (χ0v) is 37.4. The van der Waals surface area contributed by atoms with Crippen LogP contribution < -0.4 is 0 Å². The van der Waals surface area contributed by atoms with E-state index in [0.29, 0.717) is 29.2 Å². The first-order valence-corrected chi connectivity index (χ1v) is 21.5. The molecule has 324 valence electrons. The van der Waals surface area contributed by atoms with E-state index in [2.05, 4.69) is 28.4 Å². The Morgan fingerprint density at radius 2 is 0.708 bits per heavy atom. The fourth-order valence-corrected chi connectivity index (χ4v) is 6.93. The average Bonchev–Trinajstić information content (AvgIpc) is 3.35. The molecular formula is C58H53N3O4. The Hall–Kier alpha value is -8.18. The van der Waals surface area contributed by atoms with Gasteiger partial charge in [-0.25, -0.2) is 14.5 Å². The highest BCUT2D eigenvalue weighted by atomic mass is 16.5. The van der Waals surface area contributed by atoms with Gasteiger partial charge in [0.15, 0.2) is 11.6 Å². The van der Waals surface area contributed by atoms with Crippen LogP contribution in [-0.2, 0) is 19.1 Å². The molecule has 6 aromatic carbocycles. The number of rotatable bonds is 15. The van der Waals surface area contributed by atoms with Gasteiger partial charge in [0.25, 0.3) is 5.70 Å². The molecule has 0 aliphatic rings. The minimum atomic E-state index is -0.539. The van der Waals surface area contributed by atoms with E-state index in [9.17, 15) is 14.4 Å². The molecule has 1 unspecified atom stereocenters. The molecule has 6 aromatic rings. The van der Waals surface area contributed by atoms with Gasteiger partial charge in [0, 0.05) is 5.57 Å². The number of carbonyl (C=O) groups is 3. The number of hydrogen-bond acceptors (Lipinski definition) is 4. The van der Waals surface area contributed by atoms with Crippen LogP contribution in [0.15, 0.2) is 199 Å². The van der Waals surface area contributed by atoms with Crippen LogP contribution in [-0.4, -0.2) is 24.1 Å². The van der Waals surface area contributed by atoms with Crippen molar-refractivity contribution in [1.29, 1.82) is 0 Å². The molecule has 0 N–H and O–H groups in total. The maximum absolute atomic E-state index is 12.8. The number of Topliss-reactive ketones (excluding diaryl/α,β-unsaturated/α-hetero) is 2. The number of hydrogen-bond donors (Lipinski definition) is 0. The van der Waals surface area contributed by atoms with E-state index in [4.69, 9.17) is 24.5 Å². The maximum Gasteiger partial charge on any atom is 0.336 e. The Morgan fingerprint density at radius 3 is 0.923 bits per heavy atom. The van der Waals surface area contributed by atoms with Gasteiger partial charge in [-0.3, -0.25) is 4.79 Å². The van der Waals surface area contributed by atoms with E-state index in [1.165, 1.54) is 13.8 Å². The summed E-state index contributed by atoms with van der Waals surface area (Å²) in [6.07, 6.45) is 4.26. The van der Waals surface area contributed by atoms with Crippen LogP contribution in [0.1, 0.15) is 86.8 Å². The van der Waals surface area contributed by atoms with E-state index in [1.807, 2.05) is 182 Å². The van der Waals surface area contributed by atoms with Crippen LogP contribution in [0, 0.1) is 25.6 Å². The molecule has 65 heavy (non-hydrogen) atoms. The standard InChI is InChI=1S/C24H27NO2.2C17H13NO/c1-4-6-13-19(5-2)18-27-24(26)23(25-3)22(20-14-9-7-10-15-20)21-16-11-8-12-17-21;2*1-13(19)17(18-2)16(14-9-5-3-6-10-14)15-11-7-4-8-12-15/h7-12,14-17,19H,4-6,13,18H2,1-2H3;2*3-12H,1H3. The first kappa shape index (κ1) is 49.5. The van der Waals surface area contributed by atoms with Crippen molar-refractivity contribution >= 4 is 34.3 Å². The van der Waals surface area contributed by atoms with Gasteiger partial charge in [0.05, 0.1) is 26.3 Å². The van der Waals surface area contributed by atoms with Gasteiger partial charge in [-0.2, -0.15) is 0 Å². The Bertz CT molecular complexity index is 2440. The second-order valence-corrected chi connectivity index (χ2v) is 14.8. The molecule has 0 fully saturated rings. The fraction of sp³-hybridized carbons (Fsp3) is 0.172. The molecule has 0 aliphatic heterocycles. The minimum absolute atomic E-state index is 0.0396. The van der Waals surface area contributed by atoms with Crippen LogP contribution >= 0.6 is 0 Å². The lowest BCUT2D eigenvalue weighted by Crippen LogP contribution is -2.15. The van der Waals surface area contributed by atoms with Gasteiger partial charge in [0.1, 0.15) is 0 Å². The fourth-order valence-electron chi connectivity index (χ4n) is 6.93. The molecule has 0 radical (unpaired) electrons. The molecule has 0 heterocycles. The van der Waals surface area contributed by atoms with Crippen LogP contribution in [0.5, 0.6) is 0 Å². The number of esters is 1. The van der Waals surface area contributed by atoms with Gasteiger partial charge in [-0.15, -0.1) is 0 Å². The molecule has 0 saturated carbocycles. The molecule has 0 spiro atoms. The second-order valence-electron chi connectivity index (χ2n) is 14.8.